The number of benzene rings is 1. The fraction of sp³-hybridized carbons (Fsp3) is 0. The van der Waals surface area contributed by atoms with E-state index in [1.54, 1.807) is 0 Å². The van der Waals surface area contributed by atoms with E-state index in [0.717, 1.165) is 0 Å². The molecule has 0 amide bonds. The van der Waals surface area contributed by atoms with Crippen molar-refractivity contribution >= 4 is 5.97 Å². The topological polar surface area (TPSA) is 49.4 Å². The first-order chi connectivity index (χ1) is 6.99. The van der Waals surface area contributed by atoms with Gasteiger partial charge in [0, 0.05) is 6.07 Å². The highest BCUT2D eigenvalue weighted by atomic mass is 35.6. The Morgan fingerprint density at radius 3 is 2.07 bits per heavy atom. The molecule has 1 rings (SSSR count). The molecular weight excluding hydrogens is 244 g/mol. The molecule has 0 fully saturated rings. The zero-order chi connectivity index (χ0) is 11.6. The number of hydrogen-bond donors (Lipinski definition) is 0. The predicted octanol–water partition coefficient (Wildman–Crippen LogP) is 0.675. The molecule has 8 heteroatoms. The lowest BCUT2D eigenvalue weighted by atomic mass is 10.2. The van der Waals surface area contributed by atoms with Gasteiger partial charge >= 0.3 is 17.3 Å². The van der Waals surface area contributed by atoms with E-state index in [9.17, 15) is 27.0 Å². The van der Waals surface area contributed by atoms with E-state index in [2.05, 4.69) is 4.29 Å². The molecule has 0 bridgehead atoms. The summed E-state index contributed by atoms with van der Waals surface area (Å²) in [7, 11) is 0. The van der Waals surface area contributed by atoms with Crippen molar-refractivity contribution in [3.05, 3.63) is 34.9 Å². The second kappa shape index (κ2) is 4.45. The number of hydrogen-bond acceptors (Lipinski definition) is 3. The number of halogens is 5. The van der Waals surface area contributed by atoms with Crippen molar-refractivity contribution in [3.63, 3.8) is 0 Å². The minimum atomic E-state index is -1.92. The summed E-state index contributed by atoms with van der Waals surface area (Å²) in [6.07, 6.45) is 0. The van der Waals surface area contributed by atoms with Gasteiger partial charge in [0.25, 0.3) is 0 Å². The van der Waals surface area contributed by atoms with E-state index in [1.807, 2.05) is 0 Å². The summed E-state index contributed by atoms with van der Waals surface area (Å²) in [4.78, 5) is 10.7. The van der Waals surface area contributed by atoms with Crippen LogP contribution in [0.3, 0.4) is 0 Å². The molecule has 0 unspecified atom stereocenters. The van der Waals surface area contributed by atoms with Crippen LogP contribution in [0, 0.1) is 34.6 Å². The van der Waals surface area contributed by atoms with Crippen LogP contribution in [0.2, 0.25) is 0 Å². The van der Waals surface area contributed by atoms with Crippen molar-refractivity contribution in [2.45, 2.75) is 0 Å². The monoisotopic (exact) mass is 244 g/mol. The molecule has 0 aromatic heterocycles. The van der Waals surface area contributed by atoms with Crippen LogP contribution < -0.4 is 4.66 Å². The van der Waals surface area contributed by atoms with Crippen molar-refractivity contribution in [1.29, 1.82) is 0 Å². The Hall–Kier alpha value is -1.34. The highest BCUT2D eigenvalue weighted by molar-refractivity contribution is 5.89. The summed E-state index contributed by atoms with van der Waals surface area (Å²) < 4.78 is 64.0. The molecular formula is C7HClF4O3. The lowest BCUT2D eigenvalue weighted by Crippen LogP contribution is -2.16. The standard InChI is InChI=1S/C7HClF4O3/c9-2-1-3(10)6(12)4(5(2)11)7(13)15-8-14/h1H. The van der Waals surface area contributed by atoms with Gasteiger partial charge in [-0.25, -0.2) is 22.4 Å². The van der Waals surface area contributed by atoms with E-state index >= 15 is 0 Å². The second-order valence-corrected chi connectivity index (χ2v) is 2.55. The van der Waals surface area contributed by atoms with E-state index in [-0.39, 0.29) is 17.4 Å². The van der Waals surface area contributed by atoms with Crippen molar-refractivity contribution in [2.75, 3.05) is 0 Å². The van der Waals surface area contributed by atoms with Crippen LogP contribution in [0.4, 0.5) is 17.6 Å². The molecule has 0 atom stereocenters. The van der Waals surface area contributed by atoms with Gasteiger partial charge in [-0.05, 0) is 0 Å². The summed E-state index contributed by atoms with van der Waals surface area (Å²) >= 11 is -0.302. The molecule has 0 heterocycles. The van der Waals surface area contributed by atoms with Gasteiger partial charge < -0.3 is 4.66 Å². The Bertz CT molecular complexity index is 383. The summed E-state index contributed by atoms with van der Waals surface area (Å²) in [6.45, 7) is 0. The van der Waals surface area contributed by atoms with E-state index < -0.39 is 34.8 Å². The maximum Gasteiger partial charge on any atom is 0.413 e. The molecule has 0 saturated heterocycles. The SMILES string of the molecule is O=C(O[Cl+][O-])c1c(F)c(F)cc(F)c1F. The summed E-state index contributed by atoms with van der Waals surface area (Å²) in [6, 6.07) is -0.0682. The minimum absolute atomic E-state index is 0.0682. The zero-order valence-electron chi connectivity index (χ0n) is 6.69. The van der Waals surface area contributed by atoms with Gasteiger partial charge in [-0.15, -0.1) is 0 Å². The second-order valence-electron chi connectivity index (χ2n) is 2.27. The minimum Gasteiger partial charge on any atom is -0.495 e. The maximum absolute atomic E-state index is 12.8. The van der Waals surface area contributed by atoms with Crippen molar-refractivity contribution < 1.29 is 42.6 Å². The highest BCUT2D eigenvalue weighted by Gasteiger charge is 2.28. The fourth-order valence-electron chi connectivity index (χ4n) is 0.820. The maximum atomic E-state index is 12.8. The molecule has 82 valence electrons. The molecule has 3 nitrogen and oxygen atoms in total. The molecule has 0 aliphatic heterocycles. The van der Waals surface area contributed by atoms with Gasteiger partial charge in [-0.2, -0.15) is 4.29 Å². The molecule has 0 N–H and O–H groups in total. The van der Waals surface area contributed by atoms with Crippen LogP contribution in [-0.4, -0.2) is 5.97 Å². The van der Waals surface area contributed by atoms with Gasteiger partial charge in [0.05, 0.1) is 0 Å². The Labute approximate surface area is 84.3 Å². The zero-order valence-corrected chi connectivity index (χ0v) is 7.45. The molecule has 1 aromatic rings. The summed E-state index contributed by atoms with van der Waals surface area (Å²) in [5.74, 6) is -9.17. The van der Waals surface area contributed by atoms with Crippen LogP contribution >= 0.6 is 0 Å². The number of carbonyl (C=O) groups is 1. The third-order valence-corrected chi connectivity index (χ3v) is 1.62. The summed E-state index contributed by atoms with van der Waals surface area (Å²) in [5.41, 5.74) is -1.59. The van der Waals surface area contributed by atoms with Crippen LogP contribution in [0.25, 0.3) is 0 Å². The van der Waals surface area contributed by atoms with Crippen molar-refractivity contribution in [1.82, 2.24) is 0 Å². The van der Waals surface area contributed by atoms with E-state index in [0.29, 0.717) is 0 Å². The van der Waals surface area contributed by atoms with Crippen LogP contribution in [-0.2, 0) is 4.29 Å². The molecule has 0 radical (unpaired) electrons. The number of carbonyl (C=O) groups excluding carboxylic acids is 1. The number of rotatable bonds is 2. The quantitative estimate of drug-likeness (QED) is 0.568. The average molecular weight is 245 g/mol. The lowest BCUT2D eigenvalue weighted by Gasteiger charge is -2.01. The van der Waals surface area contributed by atoms with Crippen LogP contribution in [0.1, 0.15) is 10.4 Å². The first-order valence-corrected chi connectivity index (χ1v) is 3.92. The van der Waals surface area contributed by atoms with Crippen molar-refractivity contribution in [3.8, 4) is 0 Å². The molecule has 15 heavy (non-hydrogen) atoms. The van der Waals surface area contributed by atoms with Gasteiger partial charge in [0.1, 0.15) is 5.56 Å². The Morgan fingerprint density at radius 1 is 1.20 bits per heavy atom. The predicted molar refractivity (Wildman–Crippen MR) is 31.7 cm³/mol. The molecule has 0 spiro atoms. The Balaban J connectivity index is 3.32. The molecule has 0 aliphatic rings. The van der Waals surface area contributed by atoms with E-state index in [1.165, 1.54) is 0 Å². The molecule has 0 saturated carbocycles. The first-order valence-electron chi connectivity index (χ1n) is 3.30. The Morgan fingerprint density at radius 2 is 1.67 bits per heavy atom. The molecule has 1 aromatic carbocycles. The highest BCUT2D eigenvalue weighted by Crippen LogP contribution is 2.19. The van der Waals surface area contributed by atoms with Gasteiger partial charge in [0.15, 0.2) is 23.3 Å². The lowest BCUT2D eigenvalue weighted by molar-refractivity contribution is -1.26. The van der Waals surface area contributed by atoms with E-state index in [4.69, 9.17) is 0 Å². The first kappa shape index (κ1) is 11.7. The van der Waals surface area contributed by atoms with Gasteiger partial charge in [-0.1, -0.05) is 0 Å². The smallest absolute Gasteiger partial charge is 0.413 e. The third kappa shape index (κ3) is 2.18. The normalized spacial score (nSPS) is 10.2. The molecule has 0 aliphatic carbocycles. The Kier molecular flexibility index (Phi) is 3.48. The van der Waals surface area contributed by atoms with Crippen molar-refractivity contribution in [2.24, 2.45) is 0 Å². The van der Waals surface area contributed by atoms with Crippen LogP contribution in [0.5, 0.6) is 0 Å². The van der Waals surface area contributed by atoms with Gasteiger partial charge in [-0.3, -0.25) is 0 Å². The summed E-state index contributed by atoms with van der Waals surface area (Å²) in [5, 5.41) is 0. The average Bonchev–Trinajstić information content (AvgIpc) is 2.16. The third-order valence-electron chi connectivity index (χ3n) is 1.42. The van der Waals surface area contributed by atoms with Gasteiger partial charge in [0.2, 0.25) is 0 Å². The fourth-order valence-corrected chi connectivity index (χ4v) is 0.954. The van der Waals surface area contributed by atoms with Crippen LogP contribution in [0.15, 0.2) is 6.07 Å². The largest absolute Gasteiger partial charge is 0.495 e.